The van der Waals surface area contributed by atoms with Crippen LogP contribution in [0.15, 0.2) is 82.2 Å². The smallest absolute Gasteiger partial charge is 0.286 e. The second-order valence-electron chi connectivity index (χ2n) is 10.4. The minimum Gasteiger partial charge on any atom is -0.497 e. The molecule has 0 saturated heterocycles. The Labute approximate surface area is 266 Å². The molecule has 2 atom stereocenters. The summed E-state index contributed by atoms with van der Waals surface area (Å²) in [5, 5.41) is 17.6. The van der Waals surface area contributed by atoms with Gasteiger partial charge in [0.2, 0.25) is 16.3 Å². The molecule has 0 fully saturated rings. The average molecular weight is 656 g/mol. The number of benzene rings is 2. The summed E-state index contributed by atoms with van der Waals surface area (Å²) < 4.78 is 50.1. The number of rotatable bonds is 15. The van der Waals surface area contributed by atoms with Crippen LogP contribution >= 0.6 is 11.3 Å². The third-order valence-electron chi connectivity index (χ3n) is 7.60. The van der Waals surface area contributed by atoms with Crippen LogP contribution in [-0.2, 0) is 30.7 Å². The van der Waals surface area contributed by atoms with Gasteiger partial charge in [0.05, 0.1) is 32.3 Å². The summed E-state index contributed by atoms with van der Waals surface area (Å²) in [5.74, 6) is 0.975. The normalized spacial score (nSPS) is 16.8. The number of hydrogen-bond donors (Lipinski definition) is 3. The highest BCUT2D eigenvalue weighted by molar-refractivity contribution is 7.89. The van der Waals surface area contributed by atoms with E-state index in [-0.39, 0.29) is 48.8 Å². The summed E-state index contributed by atoms with van der Waals surface area (Å²) in [6.07, 6.45) is 4.01. The molecule has 13 heteroatoms. The van der Waals surface area contributed by atoms with Crippen LogP contribution in [0.3, 0.4) is 0 Å². The van der Waals surface area contributed by atoms with Crippen molar-refractivity contribution in [1.82, 2.24) is 14.6 Å². The van der Waals surface area contributed by atoms with Crippen molar-refractivity contribution in [2.24, 2.45) is 0 Å². The highest BCUT2D eigenvalue weighted by atomic mass is 32.2. The van der Waals surface area contributed by atoms with Crippen molar-refractivity contribution in [2.75, 3.05) is 47.1 Å². The Morgan fingerprint density at radius 3 is 2.60 bits per heavy atom. The second-order valence-corrected chi connectivity index (χ2v) is 13.1. The Balaban J connectivity index is 1.21. The monoisotopic (exact) mass is 655 g/mol. The lowest BCUT2D eigenvalue weighted by Crippen LogP contribution is -2.38. The topological polar surface area (TPSA) is 139 Å². The Bertz CT molecular complexity index is 1700. The second kappa shape index (κ2) is 14.9. The first kappa shape index (κ1) is 32.5. The molecule has 5 rings (SSSR count). The fraction of sp³-hybridized carbons (Fsp3) is 0.344. The fourth-order valence-electron chi connectivity index (χ4n) is 5.17. The van der Waals surface area contributed by atoms with Crippen LogP contribution < -0.4 is 14.8 Å². The van der Waals surface area contributed by atoms with Gasteiger partial charge in [0.1, 0.15) is 11.5 Å². The maximum absolute atomic E-state index is 13.3. The average Bonchev–Trinajstić information content (AvgIpc) is 3.75. The molecule has 1 aliphatic heterocycles. The molecular formula is C32H37N3O8S2. The number of hydrogen-bond acceptors (Lipinski definition) is 9. The molecule has 3 N–H and O–H groups in total. The molecule has 2 aromatic heterocycles. The van der Waals surface area contributed by atoms with E-state index >= 15 is 0 Å². The number of fused-ring (bicyclic) bond motifs is 1. The number of H-pyrrole nitrogens is 1. The lowest BCUT2D eigenvalue weighted by atomic mass is 9.95. The number of aliphatic hydroxyl groups is 1. The Morgan fingerprint density at radius 2 is 1.89 bits per heavy atom. The summed E-state index contributed by atoms with van der Waals surface area (Å²) >= 11 is 1.56. The summed E-state index contributed by atoms with van der Waals surface area (Å²) in [6, 6.07) is 13.9. The van der Waals surface area contributed by atoms with Crippen molar-refractivity contribution in [3.05, 3.63) is 88.4 Å². The van der Waals surface area contributed by atoms with E-state index < -0.39 is 16.3 Å². The molecule has 1 amide bonds. The Morgan fingerprint density at radius 1 is 1.11 bits per heavy atom. The Hall–Kier alpha value is -3.88. The number of carbonyl (C=O) groups excluding carboxylic acids is 1. The van der Waals surface area contributed by atoms with Gasteiger partial charge in [0, 0.05) is 49.1 Å². The van der Waals surface area contributed by atoms with Crippen molar-refractivity contribution >= 4 is 38.2 Å². The standard InChI is InChI=1S/C32H37N3O8S2/c1-40-25-3-6-27(7-4-25)45(38,39)35(12-14-36)13-15-42-31-18-24(23-10-16-44-21-23)17-30(43-31)32(37)33-11-9-22-20-34-29-8-5-26(41-2)19-28(22)29/h3-8,10,16-17,19-21,24,31,34,36H,9,11-15,18H2,1-2H3,(H,33,37)/t24-,31+/m0/s1. The molecule has 3 heterocycles. The van der Waals surface area contributed by atoms with Gasteiger partial charge in [-0.05, 0) is 82.9 Å². The number of methoxy groups -OCH3 is 2. The third-order valence-corrected chi connectivity index (χ3v) is 10.2. The zero-order valence-electron chi connectivity index (χ0n) is 25.1. The zero-order valence-corrected chi connectivity index (χ0v) is 26.7. The van der Waals surface area contributed by atoms with Crippen LogP contribution in [-0.4, -0.2) is 82.1 Å². The number of nitrogens with zero attached hydrogens (tertiary/aromatic N) is 1. The number of amides is 1. The van der Waals surface area contributed by atoms with E-state index in [0.29, 0.717) is 25.1 Å². The quantitative estimate of drug-likeness (QED) is 0.175. The lowest BCUT2D eigenvalue weighted by molar-refractivity contribution is -0.146. The van der Waals surface area contributed by atoms with Gasteiger partial charge >= 0.3 is 0 Å². The number of sulfonamides is 1. The van der Waals surface area contributed by atoms with Crippen LogP contribution in [0.5, 0.6) is 11.5 Å². The van der Waals surface area contributed by atoms with Crippen molar-refractivity contribution in [3.8, 4) is 11.5 Å². The van der Waals surface area contributed by atoms with E-state index in [0.717, 1.165) is 32.1 Å². The van der Waals surface area contributed by atoms with Crippen molar-refractivity contribution in [1.29, 1.82) is 0 Å². The van der Waals surface area contributed by atoms with Crippen LogP contribution in [0.1, 0.15) is 23.5 Å². The van der Waals surface area contributed by atoms with E-state index in [2.05, 4.69) is 10.3 Å². The molecule has 1 aliphatic rings. The van der Waals surface area contributed by atoms with Gasteiger partial charge in [-0.2, -0.15) is 15.6 Å². The van der Waals surface area contributed by atoms with Crippen LogP contribution in [0.2, 0.25) is 0 Å². The van der Waals surface area contributed by atoms with E-state index in [1.54, 1.807) is 36.7 Å². The summed E-state index contributed by atoms with van der Waals surface area (Å²) in [7, 11) is -0.766. The minimum absolute atomic E-state index is 0.00463. The maximum Gasteiger partial charge on any atom is 0.286 e. The highest BCUT2D eigenvalue weighted by Crippen LogP contribution is 2.33. The molecule has 4 aromatic rings. The first-order valence-corrected chi connectivity index (χ1v) is 16.9. The summed E-state index contributed by atoms with van der Waals surface area (Å²) in [6.45, 7) is -0.0855. The van der Waals surface area contributed by atoms with Gasteiger partial charge in [-0.25, -0.2) is 8.42 Å². The minimum atomic E-state index is -3.89. The van der Waals surface area contributed by atoms with Crippen LogP contribution in [0.25, 0.3) is 10.9 Å². The third kappa shape index (κ3) is 7.86. The predicted molar refractivity (Wildman–Crippen MR) is 171 cm³/mol. The lowest BCUT2D eigenvalue weighted by Gasteiger charge is -2.29. The van der Waals surface area contributed by atoms with Gasteiger partial charge in [-0.3, -0.25) is 4.79 Å². The van der Waals surface area contributed by atoms with E-state index in [9.17, 15) is 18.3 Å². The highest BCUT2D eigenvalue weighted by Gasteiger charge is 2.30. The molecule has 0 aliphatic carbocycles. The summed E-state index contributed by atoms with van der Waals surface area (Å²) in [5.41, 5.74) is 3.08. The molecule has 0 saturated carbocycles. The number of allylic oxidation sites excluding steroid dienone is 1. The van der Waals surface area contributed by atoms with Gasteiger partial charge in [0.15, 0.2) is 5.76 Å². The largest absolute Gasteiger partial charge is 0.497 e. The number of thiophene rings is 1. The van der Waals surface area contributed by atoms with Gasteiger partial charge in [-0.1, -0.05) is 0 Å². The molecular weight excluding hydrogens is 618 g/mol. The van der Waals surface area contributed by atoms with Crippen molar-refractivity contribution in [3.63, 3.8) is 0 Å². The summed E-state index contributed by atoms with van der Waals surface area (Å²) in [4.78, 5) is 16.6. The number of ether oxygens (including phenoxy) is 4. The molecule has 240 valence electrons. The first-order valence-electron chi connectivity index (χ1n) is 14.5. The maximum atomic E-state index is 13.3. The van der Waals surface area contributed by atoms with Crippen LogP contribution in [0, 0.1) is 0 Å². The molecule has 11 nitrogen and oxygen atoms in total. The van der Waals surface area contributed by atoms with Crippen molar-refractivity contribution in [2.45, 2.75) is 29.9 Å². The molecule has 0 bridgehead atoms. The molecule has 2 aromatic carbocycles. The predicted octanol–water partition coefficient (Wildman–Crippen LogP) is 4.02. The number of aliphatic hydroxyl groups excluding tert-OH is 1. The van der Waals surface area contributed by atoms with Crippen molar-refractivity contribution < 1.29 is 37.3 Å². The first-order chi connectivity index (χ1) is 21.8. The SMILES string of the molecule is COc1ccc(S(=O)(=O)N(CCO)CCO[C@H]2C[C@@H](c3ccsc3)C=C(C(=O)NCCc3c[nH]c4ccc(OC)cc34)O2)cc1. The van der Waals surface area contributed by atoms with E-state index in [1.807, 2.05) is 41.2 Å². The molecule has 0 unspecified atom stereocenters. The zero-order chi connectivity index (χ0) is 31.8. The molecule has 0 radical (unpaired) electrons. The number of aromatic nitrogens is 1. The Kier molecular flexibility index (Phi) is 10.8. The number of nitrogens with one attached hydrogen (secondary N) is 2. The van der Waals surface area contributed by atoms with Gasteiger partial charge in [0.25, 0.3) is 5.91 Å². The molecule has 0 spiro atoms. The van der Waals surface area contributed by atoms with E-state index in [1.165, 1.54) is 19.2 Å². The van der Waals surface area contributed by atoms with Gasteiger partial charge < -0.3 is 34.4 Å². The van der Waals surface area contributed by atoms with E-state index in [4.69, 9.17) is 18.9 Å². The van der Waals surface area contributed by atoms with Crippen LogP contribution in [0.4, 0.5) is 0 Å². The molecule has 45 heavy (non-hydrogen) atoms. The number of aromatic amines is 1. The fourth-order valence-corrected chi connectivity index (χ4v) is 7.31. The van der Waals surface area contributed by atoms with Gasteiger partial charge in [-0.15, -0.1) is 0 Å². The number of carbonyl (C=O) groups is 1.